The molecule has 0 spiro atoms. The summed E-state index contributed by atoms with van der Waals surface area (Å²) in [7, 11) is 0. The normalized spacial score (nSPS) is 10.2. The van der Waals surface area contributed by atoms with Crippen molar-refractivity contribution in [2.45, 2.75) is 20.8 Å². The molecule has 0 saturated carbocycles. The molecule has 0 aliphatic heterocycles. The van der Waals surface area contributed by atoms with Crippen molar-refractivity contribution in [2.75, 3.05) is 18.5 Å². The first-order chi connectivity index (χ1) is 10.1. The molecule has 112 valence electrons. The lowest BCUT2D eigenvalue weighted by atomic mass is 10.2. The number of nitrogens with one attached hydrogen (secondary N) is 2. The lowest BCUT2D eigenvalue weighted by Crippen LogP contribution is -2.15. The minimum absolute atomic E-state index is 0.275. The summed E-state index contributed by atoms with van der Waals surface area (Å²) in [6.07, 6.45) is 0. The number of hydrogen-bond donors (Lipinski definition) is 2. The molecule has 0 radical (unpaired) electrons. The SMILES string of the molecule is CCOc1ccc(Nc2nnc(C)c(=O)[nH]2)cc1OCC. The lowest BCUT2D eigenvalue weighted by molar-refractivity contribution is 0.288. The van der Waals surface area contributed by atoms with Gasteiger partial charge in [-0.3, -0.25) is 9.78 Å². The number of nitrogens with zero attached hydrogens (tertiary/aromatic N) is 2. The van der Waals surface area contributed by atoms with Crippen LogP contribution in [-0.4, -0.2) is 28.4 Å². The molecule has 21 heavy (non-hydrogen) atoms. The van der Waals surface area contributed by atoms with Crippen molar-refractivity contribution in [3.8, 4) is 11.5 Å². The van der Waals surface area contributed by atoms with Crippen molar-refractivity contribution in [2.24, 2.45) is 0 Å². The fourth-order valence-corrected chi connectivity index (χ4v) is 1.72. The molecule has 2 rings (SSSR count). The van der Waals surface area contributed by atoms with Gasteiger partial charge in [0, 0.05) is 11.8 Å². The smallest absolute Gasteiger partial charge is 0.273 e. The van der Waals surface area contributed by atoms with Gasteiger partial charge in [0.05, 0.1) is 13.2 Å². The highest BCUT2D eigenvalue weighted by atomic mass is 16.5. The molecule has 1 heterocycles. The van der Waals surface area contributed by atoms with Crippen LogP contribution >= 0.6 is 0 Å². The Morgan fingerprint density at radius 3 is 2.52 bits per heavy atom. The second kappa shape index (κ2) is 6.74. The Hall–Kier alpha value is -2.57. The van der Waals surface area contributed by atoms with Gasteiger partial charge in [0.1, 0.15) is 5.69 Å². The van der Waals surface area contributed by atoms with E-state index in [2.05, 4.69) is 20.5 Å². The van der Waals surface area contributed by atoms with Gasteiger partial charge in [0.15, 0.2) is 11.5 Å². The molecule has 1 aromatic carbocycles. The van der Waals surface area contributed by atoms with Crippen LogP contribution in [0.1, 0.15) is 19.5 Å². The largest absolute Gasteiger partial charge is 0.490 e. The van der Waals surface area contributed by atoms with Crippen LogP contribution in [0, 0.1) is 6.92 Å². The van der Waals surface area contributed by atoms with Crippen molar-refractivity contribution in [3.63, 3.8) is 0 Å². The van der Waals surface area contributed by atoms with E-state index in [1.165, 1.54) is 0 Å². The number of benzene rings is 1. The van der Waals surface area contributed by atoms with Crippen LogP contribution in [0.2, 0.25) is 0 Å². The summed E-state index contributed by atoms with van der Waals surface area (Å²) < 4.78 is 11.0. The van der Waals surface area contributed by atoms with Gasteiger partial charge in [-0.2, -0.15) is 0 Å². The first kappa shape index (κ1) is 14.8. The molecular weight excluding hydrogens is 272 g/mol. The maximum atomic E-state index is 11.5. The summed E-state index contributed by atoms with van der Waals surface area (Å²) in [5.74, 6) is 1.58. The highest BCUT2D eigenvalue weighted by molar-refractivity contribution is 5.59. The van der Waals surface area contributed by atoms with E-state index < -0.39 is 0 Å². The number of aromatic amines is 1. The second-order valence-electron chi connectivity index (χ2n) is 4.24. The van der Waals surface area contributed by atoms with Gasteiger partial charge in [-0.15, -0.1) is 10.2 Å². The first-order valence-electron chi connectivity index (χ1n) is 6.74. The van der Waals surface area contributed by atoms with Crippen LogP contribution in [0.4, 0.5) is 11.6 Å². The molecule has 0 atom stereocenters. The van der Waals surface area contributed by atoms with Crippen LogP contribution < -0.4 is 20.3 Å². The maximum absolute atomic E-state index is 11.5. The summed E-state index contributed by atoms with van der Waals surface area (Å²) in [4.78, 5) is 14.1. The van der Waals surface area contributed by atoms with E-state index >= 15 is 0 Å². The minimum Gasteiger partial charge on any atom is -0.490 e. The van der Waals surface area contributed by atoms with Crippen LogP contribution in [-0.2, 0) is 0 Å². The Bertz CT molecular complexity index is 670. The predicted molar refractivity (Wildman–Crippen MR) is 79.5 cm³/mol. The second-order valence-corrected chi connectivity index (χ2v) is 4.24. The molecular formula is C14H18N4O3. The summed E-state index contributed by atoms with van der Waals surface area (Å²) >= 11 is 0. The molecule has 7 heteroatoms. The van der Waals surface area contributed by atoms with Crippen LogP contribution in [0.3, 0.4) is 0 Å². The molecule has 1 aromatic heterocycles. The van der Waals surface area contributed by atoms with Crippen molar-refractivity contribution in [3.05, 3.63) is 34.2 Å². The quantitative estimate of drug-likeness (QED) is 0.846. The Balaban J connectivity index is 2.25. The Kier molecular flexibility index (Phi) is 4.76. The van der Waals surface area contributed by atoms with Crippen LogP contribution in [0.15, 0.2) is 23.0 Å². The van der Waals surface area contributed by atoms with Gasteiger partial charge in [0.2, 0.25) is 5.95 Å². The molecule has 0 fully saturated rings. The third-order valence-corrected chi connectivity index (χ3v) is 2.67. The van der Waals surface area contributed by atoms with E-state index in [0.29, 0.717) is 30.4 Å². The van der Waals surface area contributed by atoms with E-state index in [4.69, 9.17) is 9.47 Å². The van der Waals surface area contributed by atoms with E-state index in [9.17, 15) is 4.79 Å². The summed E-state index contributed by atoms with van der Waals surface area (Å²) in [6.45, 7) is 6.50. The molecule has 0 aliphatic rings. The molecule has 7 nitrogen and oxygen atoms in total. The number of aromatic nitrogens is 3. The van der Waals surface area contributed by atoms with Gasteiger partial charge in [0.25, 0.3) is 5.56 Å². The Morgan fingerprint density at radius 1 is 1.14 bits per heavy atom. The zero-order valence-corrected chi connectivity index (χ0v) is 12.3. The highest BCUT2D eigenvalue weighted by Crippen LogP contribution is 2.31. The topological polar surface area (TPSA) is 89.1 Å². The Morgan fingerprint density at radius 2 is 1.86 bits per heavy atom. The number of rotatable bonds is 6. The van der Waals surface area contributed by atoms with E-state index in [1.54, 1.807) is 19.1 Å². The third-order valence-electron chi connectivity index (χ3n) is 2.67. The van der Waals surface area contributed by atoms with E-state index in [1.807, 2.05) is 19.9 Å². The molecule has 0 bridgehead atoms. The summed E-state index contributed by atoms with van der Waals surface area (Å²) in [6, 6.07) is 5.40. The third kappa shape index (κ3) is 3.71. The van der Waals surface area contributed by atoms with Gasteiger partial charge < -0.3 is 14.8 Å². The summed E-state index contributed by atoms with van der Waals surface area (Å²) in [5.41, 5.74) is 0.765. The Labute approximate surface area is 122 Å². The minimum atomic E-state index is -0.275. The van der Waals surface area contributed by atoms with Crippen LogP contribution in [0.25, 0.3) is 0 Å². The lowest BCUT2D eigenvalue weighted by Gasteiger charge is -2.12. The fraction of sp³-hybridized carbons (Fsp3) is 0.357. The van der Waals surface area contributed by atoms with E-state index in [-0.39, 0.29) is 11.5 Å². The number of hydrogen-bond acceptors (Lipinski definition) is 6. The van der Waals surface area contributed by atoms with Crippen molar-refractivity contribution < 1.29 is 9.47 Å². The zero-order valence-electron chi connectivity index (χ0n) is 12.3. The van der Waals surface area contributed by atoms with Gasteiger partial charge in [-0.05, 0) is 32.9 Å². The number of H-pyrrole nitrogens is 1. The van der Waals surface area contributed by atoms with E-state index in [0.717, 1.165) is 5.69 Å². The number of ether oxygens (including phenoxy) is 2. The molecule has 2 N–H and O–H groups in total. The maximum Gasteiger partial charge on any atom is 0.273 e. The summed E-state index contributed by atoms with van der Waals surface area (Å²) in [5, 5.41) is 10.6. The fourth-order valence-electron chi connectivity index (χ4n) is 1.72. The zero-order chi connectivity index (χ0) is 15.2. The van der Waals surface area contributed by atoms with Crippen LogP contribution in [0.5, 0.6) is 11.5 Å². The van der Waals surface area contributed by atoms with Crippen molar-refractivity contribution in [1.29, 1.82) is 0 Å². The average Bonchev–Trinajstić information content (AvgIpc) is 2.46. The predicted octanol–water partition coefficient (Wildman–Crippen LogP) is 2.01. The van der Waals surface area contributed by atoms with Gasteiger partial charge in [-0.1, -0.05) is 0 Å². The van der Waals surface area contributed by atoms with Gasteiger partial charge in [-0.25, -0.2) is 0 Å². The monoisotopic (exact) mass is 290 g/mol. The van der Waals surface area contributed by atoms with Crippen molar-refractivity contribution in [1.82, 2.24) is 15.2 Å². The average molecular weight is 290 g/mol. The standard InChI is InChI=1S/C14H18N4O3/c1-4-20-11-7-6-10(8-12(11)21-5-2)15-14-16-13(19)9(3)17-18-14/h6-8H,4-5H2,1-3H3,(H2,15,16,18,19). The van der Waals surface area contributed by atoms with Gasteiger partial charge >= 0.3 is 0 Å². The first-order valence-corrected chi connectivity index (χ1v) is 6.74. The highest BCUT2D eigenvalue weighted by Gasteiger charge is 2.07. The molecule has 2 aromatic rings. The van der Waals surface area contributed by atoms with Crippen molar-refractivity contribution >= 4 is 11.6 Å². The molecule has 0 amide bonds. The number of anilines is 2. The molecule has 0 saturated heterocycles. The number of aryl methyl sites for hydroxylation is 1. The molecule has 0 unspecified atom stereocenters. The molecule has 0 aliphatic carbocycles.